The summed E-state index contributed by atoms with van der Waals surface area (Å²) in [5.74, 6) is -0.244. The van der Waals surface area contributed by atoms with Gasteiger partial charge in [-0.25, -0.2) is 4.39 Å². The van der Waals surface area contributed by atoms with E-state index in [0.717, 1.165) is 10.0 Å². The quantitative estimate of drug-likeness (QED) is 0.870. The Morgan fingerprint density at radius 2 is 1.89 bits per heavy atom. The highest BCUT2D eigenvalue weighted by Crippen LogP contribution is 2.18. The minimum absolute atomic E-state index is 0.244. The first-order valence-corrected chi connectivity index (χ1v) is 6.30. The zero-order valence-electron chi connectivity index (χ0n) is 9.70. The summed E-state index contributed by atoms with van der Waals surface area (Å²) in [6.07, 6.45) is 0. The van der Waals surface area contributed by atoms with Crippen molar-refractivity contribution in [3.8, 4) is 0 Å². The van der Waals surface area contributed by atoms with Crippen LogP contribution >= 0.6 is 15.9 Å². The fourth-order valence-electron chi connectivity index (χ4n) is 1.65. The maximum absolute atomic E-state index is 13.3. The average molecular weight is 310 g/mol. The topological polar surface area (TPSA) is 35.2 Å². The molecule has 2 aromatic rings. The monoisotopic (exact) mass is 309 g/mol. The van der Waals surface area contributed by atoms with Gasteiger partial charge in [0.15, 0.2) is 0 Å². The molecule has 0 saturated carbocycles. The second-order valence-corrected chi connectivity index (χ2v) is 4.89. The molecule has 0 bridgehead atoms. The fourth-order valence-corrected chi connectivity index (χ4v) is 2.21. The lowest BCUT2D eigenvalue weighted by Gasteiger charge is -2.07. The van der Waals surface area contributed by atoms with Crippen LogP contribution in [0.5, 0.6) is 0 Å². The number of halogens is 2. The van der Waals surface area contributed by atoms with Gasteiger partial charge >= 0.3 is 0 Å². The van der Waals surface area contributed by atoms with Crippen molar-refractivity contribution in [3.63, 3.8) is 0 Å². The van der Waals surface area contributed by atoms with Crippen molar-refractivity contribution in [1.82, 2.24) is 0 Å². The van der Waals surface area contributed by atoms with Gasteiger partial charge in [0.25, 0.3) is 0 Å². The molecule has 0 aliphatic heterocycles. The molecule has 18 heavy (non-hydrogen) atoms. The van der Waals surface area contributed by atoms with E-state index in [2.05, 4.69) is 15.9 Å². The highest BCUT2D eigenvalue weighted by atomic mass is 79.9. The van der Waals surface area contributed by atoms with Crippen LogP contribution in [-0.2, 0) is 18.0 Å². The first-order chi connectivity index (χ1) is 8.65. The van der Waals surface area contributed by atoms with Crippen molar-refractivity contribution in [2.75, 3.05) is 5.73 Å². The molecule has 2 rings (SSSR count). The molecular weight excluding hydrogens is 297 g/mol. The first-order valence-electron chi connectivity index (χ1n) is 5.51. The van der Waals surface area contributed by atoms with Crippen LogP contribution < -0.4 is 5.73 Å². The predicted octanol–water partition coefficient (Wildman–Crippen LogP) is 3.89. The number of ether oxygens (including phenoxy) is 1. The predicted molar refractivity (Wildman–Crippen MR) is 73.4 cm³/mol. The molecule has 0 aliphatic rings. The fraction of sp³-hybridized carbons (Fsp3) is 0.143. The third-order valence-electron chi connectivity index (χ3n) is 2.46. The van der Waals surface area contributed by atoms with Gasteiger partial charge in [0.05, 0.1) is 13.2 Å². The van der Waals surface area contributed by atoms with Crippen LogP contribution in [0.25, 0.3) is 0 Å². The van der Waals surface area contributed by atoms with Crippen LogP contribution in [0.1, 0.15) is 11.1 Å². The van der Waals surface area contributed by atoms with Crippen molar-refractivity contribution in [3.05, 3.63) is 63.9 Å². The maximum Gasteiger partial charge on any atom is 0.128 e. The van der Waals surface area contributed by atoms with Gasteiger partial charge in [-0.2, -0.15) is 0 Å². The largest absolute Gasteiger partial charge is 0.399 e. The van der Waals surface area contributed by atoms with Gasteiger partial charge in [0, 0.05) is 15.7 Å². The van der Waals surface area contributed by atoms with E-state index in [1.807, 2.05) is 18.2 Å². The molecule has 2 nitrogen and oxygen atoms in total. The van der Waals surface area contributed by atoms with Gasteiger partial charge in [0.1, 0.15) is 5.82 Å². The summed E-state index contributed by atoms with van der Waals surface area (Å²) >= 11 is 3.37. The van der Waals surface area contributed by atoms with E-state index in [1.165, 1.54) is 6.07 Å². The third kappa shape index (κ3) is 3.55. The van der Waals surface area contributed by atoms with Crippen molar-refractivity contribution >= 4 is 21.6 Å². The highest BCUT2D eigenvalue weighted by Gasteiger charge is 2.02. The molecule has 0 atom stereocenters. The number of nitrogen functional groups attached to an aromatic ring is 1. The Hall–Kier alpha value is -1.39. The lowest BCUT2D eigenvalue weighted by Crippen LogP contribution is -1.97. The second-order valence-electron chi connectivity index (χ2n) is 3.98. The number of rotatable bonds is 4. The average Bonchev–Trinajstić information content (AvgIpc) is 2.30. The summed E-state index contributed by atoms with van der Waals surface area (Å²) < 4.78 is 19.7. The van der Waals surface area contributed by atoms with Crippen LogP contribution in [0.4, 0.5) is 10.1 Å². The number of hydrogen-bond donors (Lipinski definition) is 1. The van der Waals surface area contributed by atoms with E-state index in [1.54, 1.807) is 18.2 Å². The Morgan fingerprint density at radius 3 is 2.61 bits per heavy atom. The number of nitrogens with two attached hydrogens (primary N) is 1. The van der Waals surface area contributed by atoms with E-state index < -0.39 is 0 Å². The van der Waals surface area contributed by atoms with Gasteiger partial charge < -0.3 is 10.5 Å². The molecule has 0 radical (unpaired) electrons. The summed E-state index contributed by atoms with van der Waals surface area (Å²) in [6.45, 7) is 0.650. The van der Waals surface area contributed by atoms with Gasteiger partial charge in [-0.3, -0.25) is 0 Å². The summed E-state index contributed by atoms with van der Waals surface area (Å²) in [6, 6.07) is 12.2. The van der Waals surface area contributed by atoms with E-state index >= 15 is 0 Å². The van der Waals surface area contributed by atoms with Crippen LogP contribution in [0.3, 0.4) is 0 Å². The molecule has 0 amide bonds. The maximum atomic E-state index is 13.3. The third-order valence-corrected chi connectivity index (χ3v) is 2.92. The van der Waals surface area contributed by atoms with Crippen LogP contribution in [0.2, 0.25) is 0 Å². The lowest BCUT2D eigenvalue weighted by molar-refractivity contribution is 0.105. The molecule has 2 N–H and O–H groups in total. The normalized spacial score (nSPS) is 10.6. The van der Waals surface area contributed by atoms with E-state index in [0.29, 0.717) is 17.9 Å². The van der Waals surface area contributed by atoms with Gasteiger partial charge in [0.2, 0.25) is 0 Å². The van der Waals surface area contributed by atoms with E-state index in [4.69, 9.17) is 10.5 Å². The Morgan fingerprint density at radius 1 is 1.11 bits per heavy atom. The minimum atomic E-state index is -0.244. The van der Waals surface area contributed by atoms with Crippen molar-refractivity contribution in [2.45, 2.75) is 13.2 Å². The molecule has 2 aromatic carbocycles. The molecule has 94 valence electrons. The van der Waals surface area contributed by atoms with E-state index in [9.17, 15) is 4.39 Å². The van der Waals surface area contributed by atoms with Gasteiger partial charge in [-0.1, -0.05) is 34.1 Å². The first kappa shape index (κ1) is 13.1. The minimum Gasteiger partial charge on any atom is -0.399 e. The standard InChI is InChI=1S/C14H13BrFNO/c15-12-5-10(6-13(17)7-12)8-18-9-11-3-1-2-4-14(11)16/h1-7H,8-9,17H2. The molecule has 0 saturated heterocycles. The van der Waals surface area contributed by atoms with Crippen LogP contribution in [-0.4, -0.2) is 0 Å². The number of benzene rings is 2. The Kier molecular flexibility index (Phi) is 4.33. The number of hydrogen-bond acceptors (Lipinski definition) is 2. The van der Waals surface area contributed by atoms with Crippen molar-refractivity contribution < 1.29 is 9.13 Å². The van der Waals surface area contributed by atoms with Crippen LogP contribution in [0.15, 0.2) is 46.9 Å². The van der Waals surface area contributed by atoms with Crippen molar-refractivity contribution in [1.29, 1.82) is 0 Å². The molecule has 0 aliphatic carbocycles. The molecule has 0 fully saturated rings. The smallest absolute Gasteiger partial charge is 0.128 e. The molecule has 0 unspecified atom stereocenters. The molecule has 0 spiro atoms. The number of anilines is 1. The Balaban J connectivity index is 1.94. The van der Waals surface area contributed by atoms with E-state index in [-0.39, 0.29) is 12.4 Å². The molecule has 0 heterocycles. The highest BCUT2D eigenvalue weighted by molar-refractivity contribution is 9.10. The zero-order chi connectivity index (χ0) is 13.0. The van der Waals surface area contributed by atoms with Gasteiger partial charge in [-0.05, 0) is 29.8 Å². The second kappa shape index (κ2) is 5.98. The zero-order valence-corrected chi connectivity index (χ0v) is 11.3. The Bertz CT molecular complexity index is 525. The molecule has 0 aromatic heterocycles. The molecular formula is C14H13BrFNO. The Labute approximate surface area is 114 Å². The lowest BCUT2D eigenvalue weighted by atomic mass is 10.2. The summed E-state index contributed by atoms with van der Waals surface area (Å²) in [5.41, 5.74) is 7.91. The summed E-state index contributed by atoms with van der Waals surface area (Å²) in [7, 11) is 0. The van der Waals surface area contributed by atoms with Gasteiger partial charge in [-0.15, -0.1) is 0 Å². The van der Waals surface area contributed by atoms with Crippen molar-refractivity contribution in [2.24, 2.45) is 0 Å². The summed E-state index contributed by atoms with van der Waals surface area (Å²) in [4.78, 5) is 0. The van der Waals surface area contributed by atoms with Crippen LogP contribution in [0, 0.1) is 5.82 Å². The molecule has 4 heteroatoms. The summed E-state index contributed by atoms with van der Waals surface area (Å²) in [5, 5.41) is 0. The SMILES string of the molecule is Nc1cc(Br)cc(COCc2ccccc2F)c1.